The van der Waals surface area contributed by atoms with Gasteiger partial charge in [-0.15, -0.1) is 0 Å². The molecule has 168 valence electrons. The van der Waals surface area contributed by atoms with Gasteiger partial charge >= 0.3 is 0 Å². The summed E-state index contributed by atoms with van der Waals surface area (Å²) in [7, 11) is 0. The first-order chi connectivity index (χ1) is 14.2. The van der Waals surface area contributed by atoms with Crippen LogP contribution in [0.15, 0.2) is 11.6 Å². The van der Waals surface area contributed by atoms with E-state index in [1.165, 1.54) is 11.3 Å². The van der Waals surface area contributed by atoms with Crippen molar-refractivity contribution >= 4 is 17.2 Å². The van der Waals surface area contributed by atoms with Gasteiger partial charge in [0.25, 0.3) is 11.1 Å². The molecule has 8 heteroatoms. The van der Waals surface area contributed by atoms with Crippen LogP contribution in [-0.4, -0.2) is 47.5 Å². The lowest BCUT2D eigenvalue weighted by Crippen LogP contribution is -2.37. The first-order valence-electron chi connectivity index (χ1n) is 10.8. The average Bonchev–Trinajstić information content (AvgIpc) is 3.07. The number of aromatic nitrogens is 1. The van der Waals surface area contributed by atoms with Gasteiger partial charge in [0.05, 0.1) is 5.69 Å². The molecular formula is C22H33F2N3O2S. The highest BCUT2D eigenvalue weighted by Crippen LogP contribution is 2.32. The number of nitrogens with zero attached hydrogens (tertiary/aromatic N) is 2. The maximum Gasteiger partial charge on any atom is 0.278 e. The third-order valence-electron chi connectivity index (χ3n) is 5.70. The second-order valence-corrected chi connectivity index (χ2v) is 10.0. The molecule has 1 aromatic rings. The molecule has 1 fully saturated rings. The summed E-state index contributed by atoms with van der Waals surface area (Å²) in [5.41, 5.74) is 2.00. The molecule has 0 bridgehead atoms. The summed E-state index contributed by atoms with van der Waals surface area (Å²) < 4.78 is 31.2. The van der Waals surface area contributed by atoms with Crippen LogP contribution in [-0.2, 0) is 17.8 Å². The van der Waals surface area contributed by atoms with Crippen LogP contribution in [0.4, 0.5) is 8.78 Å². The second kappa shape index (κ2) is 10.2. The molecule has 0 radical (unpaired) electrons. The third-order valence-corrected chi connectivity index (χ3v) is 6.77. The van der Waals surface area contributed by atoms with Gasteiger partial charge in [-0.05, 0) is 64.8 Å². The van der Waals surface area contributed by atoms with Crippen molar-refractivity contribution in [2.24, 2.45) is 5.92 Å². The van der Waals surface area contributed by atoms with Gasteiger partial charge in [0.2, 0.25) is 5.91 Å². The lowest BCUT2D eigenvalue weighted by Gasteiger charge is -2.31. The minimum absolute atomic E-state index is 0.0249. The van der Waals surface area contributed by atoms with E-state index in [2.05, 4.69) is 15.2 Å². The Kier molecular flexibility index (Phi) is 7.85. The molecule has 2 heterocycles. The number of alkyl halides is 2. The van der Waals surface area contributed by atoms with Crippen LogP contribution in [0.1, 0.15) is 63.4 Å². The Bertz CT molecular complexity index is 748. The molecule has 0 aromatic carbocycles. The molecular weight excluding hydrogens is 408 g/mol. The van der Waals surface area contributed by atoms with E-state index >= 15 is 0 Å². The van der Waals surface area contributed by atoms with E-state index in [1.54, 1.807) is 6.08 Å². The highest BCUT2D eigenvalue weighted by atomic mass is 32.1. The van der Waals surface area contributed by atoms with Crippen LogP contribution in [0, 0.1) is 5.92 Å². The Balaban J connectivity index is 1.38. The number of carbonyl (C=O) groups is 1. The van der Waals surface area contributed by atoms with Gasteiger partial charge in [-0.25, -0.2) is 13.8 Å². The minimum Gasteiger partial charge on any atom is -0.464 e. The molecule has 1 aliphatic carbocycles. The Labute approximate surface area is 181 Å². The molecule has 3 rings (SSSR count). The number of rotatable bonds is 8. The van der Waals surface area contributed by atoms with Gasteiger partial charge in [-0.3, -0.25) is 9.69 Å². The zero-order valence-corrected chi connectivity index (χ0v) is 19.0. The van der Waals surface area contributed by atoms with Crippen LogP contribution in [0.5, 0.6) is 5.19 Å². The zero-order valence-electron chi connectivity index (χ0n) is 18.2. The van der Waals surface area contributed by atoms with E-state index in [4.69, 9.17) is 4.74 Å². The number of allylic oxidation sites excluding steroid dienone is 1. The largest absolute Gasteiger partial charge is 0.464 e. The van der Waals surface area contributed by atoms with Gasteiger partial charge in [0, 0.05) is 37.0 Å². The van der Waals surface area contributed by atoms with E-state index in [0.717, 1.165) is 81.2 Å². The molecule has 0 saturated heterocycles. The van der Waals surface area contributed by atoms with Crippen LogP contribution < -0.4 is 10.1 Å². The summed E-state index contributed by atoms with van der Waals surface area (Å²) in [6.07, 6.45) is 8.12. The summed E-state index contributed by atoms with van der Waals surface area (Å²) in [6, 6.07) is 0.297. The van der Waals surface area contributed by atoms with E-state index in [-0.39, 0.29) is 5.91 Å². The predicted molar refractivity (Wildman–Crippen MR) is 115 cm³/mol. The highest BCUT2D eigenvalue weighted by Gasteiger charge is 2.27. The quantitative estimate of drug-likeness (QED) is 0.601. The van der Waals surface area contributed by atoms with E-state index in [9.17, 15) is 13.6 Å². The fraction of sp³-hybridized carbons (Fsp3) is 0.727. The SMILES string of the molecule is CC(C)=CC(=O)N[C@H]1CC[C@H](CCN2CCc3sc(OCC(C)(F)F)nc3C2)CC1. The molecule has 0 atom stereocenters. The monoisotopic (exact) mass is 441 g/mol. The number of ether oxygens (including phenoxy) is 1. The first kappa shape index (κ1) is 23.1. The van der Waals surface area contributed by atoms with E-state index in [1.807, 2.05) is 13.8 Å². The third kappa shape index (κ3) is 7.30. The number of halogens is 2. The zero-order chi connectivity index (χ0) is 21.7. The maximum absolute atomic E-state index is 13.0. The smallest absolute Gasteiger partial charge is 0.278 e. The molecule has 1 aliphatic heterocycles. The van der Waals surface area contributed by atoms with Crippen LogP contribution in [0.25, 0.3) is 0 Å². The summed E-state index contributed by atoms with van der Waals surface area (Å²) in [5.74, 6) is -2.12. The predicted octanol–water partition coefficient (Wildman–Crippen LogP) is 4.57. The maximum atomic E-state index is 13.0. The number of fused-ring (bicyclic) bond motifs is 1. The molecule has 30 heavy (non-hydrogen) atoms. The van der Waals surface area contributed by atoms with Crippen LogP contribution in [0.2, 0.25) is 0 Å². The van der Waals surface area contributed by atoms with Crippen molar-refractivity contribution in [2.75, 3.05) is 19.7 Å². The number of amides is 1. The van der Waals surface area contributed by atoms with Crippen molar-refractivity contribution in [1.82, 2.24) is 15.2 Å². The molecule has 0 unspecified atom stereocenters. The number of hydrogen-bond acceptors (Lipinski definition) is 5. The number of nitrogens with one attached hydrogen (secondary N) is 1. The molecule has 1 amide bonds. The Morgan fingerprint density at radius 3 is 2.73 bits per heavy atom. The number of carbonyl (C=O) groups excluding carboxylic acids is 1. The Morgan fingerprint density at radius 1 is 1.33 bits per heavy atom. The first-order valence-corrected chi connectivity index (χ1v) is 11.7. The number of hydrogen-bond donors (Lipinski definition) is 1. The van der Waals surface area contributed by atoms with Crippen LogP contribution in [0.3, 0.4) is 0 Å². The highest BCUT2D eigenvalue weighted by molar-refractivity contribution is 7.13. The molecule has 1 saturated carbocycles. The summed E-state index contributed by atoms with van der Waals surface area (Å²) in [6.45, 7) is 6.87. The van der Waals surface area contributed by atoms with Crippen molar-refractivity contribution in [3.63, 3.8) is 0 Å². The van der Waals surface area contributed by atoms with Gasteiger partial charge in [0.1, 0.15) is 0 Å². The Morgan fingerprint density at radius 2 is 2.07 bits per heavy atom. The lowest BCUT2D eigenvalue weighted by atomic mass is 9.84. The fourth-order valence-electron chi connectivity index (χ4n) is 4.14. The minimum atomic E-state index is -2.84. The fourth-order valence-corrected chi connectivity index (χ4v) is 5.04. The van der Waals surface area contributed by atoms with Crippen molar-refractivity contribution in [3.8, 4) is 5.19 Å². The van der Waals surface area contributed by atoms with Gasteiger partial charge in [0.15, 0.2) is 6.61 Å². The standard InChI is InChI=1S/C22H33F2N3O2S/c1-15(2)12-20(28)25-17-6-4-16(5-7-17)8-10-27-11-9-19-18(13-27)26-21(30-19)29-14-22(3,23)24/h12,16-17H,4-11,13-14H2,1-3H3,(H,25,28)/t16-,17-. The second-order valence-electron chi connectivity index (χ2n) is 8.97. The van der Waals surface area contributed by atoms with Crippen molar-refractivity contribution < 1.29 is 18.3 Å². The normalized spacial score (nSPS) is 22.3. The molecule has 0 spiro atoms. The summed E-state index contributed by atoms with van der Waals surface area (Å²) >= 11 is 1.40. The molecule has 1 aromatic heterocycles. The summed E-state index contributed by atoms with van der Waals surface area (Å²) in [5, 5.41) is 3.48. The average molecular weight is 442 g/mol. The van der Waals surface area contributed by atoms with E-state index in [0.29, 0.717) is 17.2 Å². The van der Waals surface area contributed by atoms with Crippen molar-refractivity contribution in [1.29, 1.82) is 0 Å². The molecule has 2 aliphatic rings. The Hall–Kier alpha value is -1.54. The van der Waals surface area contributed by atoms with Crippen molar-refractivity contribution in [2.45, 2.75) is 77.8 Å². The van der Waals surface area contributed by atoms with E-state index < -0.39 is 12.5 Å². The van der Waals surface area contributed by atoms with Crippen LogP contribution >= 0.6 is 11.3 Å². The molecule has 5 nitrogen and oxygen atoms in total. The van der Waals surface area contributed by atoms with Gasteiger partial charge in [-0.1, -0.05) is 16.9 Å². The number of thiazole rings is 1. The van der Waals surface area contributed by atoms with Gasteiger partial charge < -0.3 is 10.1 Å². The van der Waals surface area contributed by atoms with Gasteiger partial charge in [-0.2, -0.15) is 0 Å². The van der Waals surface area contributed by atoms with Crippen molar-refractivity contribution in [3.05, 3.63) is 22.2 Å². The molecule has 1 N–H and O–H groups in total. The lowest BCUT2D eigenvalue weighted by molar-refractivity contribution is -0.117. The topological polar surface area (TPSA) is 54.5 Å². The summed E-state index contributed by atoms with van der Waals surface area (Å²) in [4.78, 5) is 19.9.